The Morgan fingerprint density at radius 2 is 1.66 bits per heavy atom. The number of halogens is 4. The van der Waals surface area contributed by atoms with E-state index in [2.05, 4.69) is 32.2 Å². The van der Waals surface area contributed by atoms with Gasteiger partial charge < -0.3 is 29.3 Å². The van der Waals surface area contributed by atoms with Gasteiger partial charge in [0.1, 0.15) is 23.9 Å². The Hall–Kier alpha value is -4.87. The fourth-order valence-corrected chi connectivity index (χ4v) is 13.9. The van der Waals surface area contributed by atoms with Crippen LogP contribution in [0.25, 0.3) is 10.1 Å². The lowest BCUT2D eigenvalue weighted by Crippen LogP contribution is -2.60. The molecular weight excluding hydrogens is 950 g/mol. The molecule has 2 saturated carbocycles. The van der Waals surface area contributed by atoms with Crippen LogP contribution in [0.2, 0.25) is 0 Å². The van der Waals surface area contributed by atoms with Crippen LogP contribution in [0.4, 0.5) is 17.6 Å². The van der Waals surface area contributed by atoms with Crippen LogP contribution < -0.4 is 14.9 Å². The molecule has 3 aliphatic heterocycles. The summed E-state index contributed by atoms with van der Waals surface area (Å²) in [5.41, 5.74) is 0.905. The van der Waals surface area contributed by atoms with Crippen molar-refractivity contribution in [2.24, 2.45) is 0 Å². The van der Waals surface area contributed by atoms with Gasteiger partial charge in [0, 0.05) is 40.8 Å². The van der Waals surface area contributed by atoms with Crippen molar-refractivity contribution in [2.75, 3.05) is 20.2 Å². The summed E-state index contributed by atoms with van der Waals surface area (Å²) in [6.45, 7) is 3.93. The van der Waals surface area contributed by atoms with Crippen molar-refractivity contribution in [1.82, 2.24) is 25.1 Å². The molecule has 9 rings (SSSR count). The topological polar surface area (TPSA) is 147 Å². The number of esters is 1. The predicted octanol–water partition coefficient (Wildman–Crippen LogP) is 9.63. The van der Waals surface area contributed by atoms with Crippen LogP contribution in [0.15, 0.2) is 84.9 Å². The minimum atomic E-state index is -4.72. The zero-order chi connectivity index (χ0) is 49.5. The standard InChI is InChI=1S/C51H60F4N5O8PS/c1-4-23-66-49(64)31(2)57-69(65,68-39-13-9-6-10-14-39)45(52)33-15-20-43-34(24-33)25-44(70-43)46(61)56-41-18-16-36(58(3)38-27-40(28-38)67-51(53,54)55)26-37-17-19-42(60(37)47(41)62)48(63)59-30-35(29-50(59)21-22-50)32-11-7-5-8-12-32/h5-15,20,24-25,31,35-38,40-42,45H,4,16-19,21-23,26-30H2,1-3H3,(H,56,61)(H,57,65)/t31-,35+,36-,37+,38?,40?,41-,42-,45+,69+/m0/s1. The van der Waals surface area contributed by atoms with Crippen molar-refractivity contribution in [3.63, 3.8) is 0 Å². The van der Waals surface area contributed by atoms with E-state index in [4.69, 9.17) is 9.26 Å². The second-order valence-electron chi connectivity index (χ2n) is 19.7. The second kappa shape index (κ2) is 20.3. The predicted molar refractivity (Wildman–Crippen MR) is 256 cm³/mol. The summed E-state index contributed by atoms with van der Waals surface area (Å²) in [6.07, 6.45) is 0.192. The third-order valence-corrected chi connectivity index (χ3v) is 18.2. The van der Waals surface area contributed by atoms with Crippen LogP contribution in [0.5, 0.6) is 5.75 Å². The summed E-state index contributed by atoms with van der Waals surface area (Å²) in [4.78, 5) is 62.9. The number of nitrogens with one attached hydrogen (secondary N) is 2. The SMILES string of the molecule is CCCOC(=O)[C@H](C)N[P@](=O)(Oc1ccccc1)[C@@H](F)c1ccc2sc(C(=O)N[C@H]3CC[C@H](N(C)C4CC(OC(F)(F)F)C4)C[C@H]4CC[C@@H](C(=O)N5C[C@H](c6ccccc6)CC56CC6)N4C3=O)cc2c1. The van der Waals surface area contributed by atoms with E-state index in [1.54, 1.807) is 35.2 Å². The molecule has 5 fully saturated rings. The van der Waals surface area contributed by atoms with E-state index in [0.717, 1.165) is 30.6 Å². The number of likely N-dealkylation sites (tertiary alicyclic amines) is 1. The molecule has 376 valence electrons. The summed E-state index contributed by atoms with van der Waals surface area (Å²) in [6, 6.07) is 20.7. The van der Waals surface area contributed by atoms with E-state index in [0.29, 0.717) is 48.7 Å². The smallest absolute Gasteiger partial charge is 0.465 e. The third-order valence-electron chi connectivity index (χ3n) is 15.0. The fourth-order valence-electron chi connectivity index (χ4n) is 11.0. The lowest BCUT2D eigenvalue weighted by molar-refractivity contribution is -0.354. The van der Waals surface area contributed by atoms with E-state index >= 15 is 4.39 Å². The Morgan fingerprint density at radius 3 is 2.34 bits per heavy atom. The van der Waals surface area contributed by atoms with Crippen LogP contribution in [-0.4, -0.2) is 113 Å². The van der Waals surface area contributed by atoms with Gasteiger partial charge in [-0.15, -0.1) is 24.5 Å². The number of rotatable bonds is 16. The largest absolute Gasteiger partial charge is 0.522 e. The van der Waals surface area contributed by atoms with E-state index in [9.17, 15) is 36.9 Å². The Morgan fingerprint density at radius 1 is 0.943 bits per heavy atom. The maximum Gasteiger partial charge on any atom is 0.522 e. The number of amides is 3. The van der Waals surface area contributed by atoms with Gasteiger partial charge in [0.05, 0.1) is 17.6 Å². The number of ether oxygens (including phenoxy) is 2. The third kappa shape index (κ3) is 10.7. The Labute approximate surface area is 409 Å². The number of alkyl halides is 4. The molecule has 0 unspecified atom stereocenters. The van der Waals surface area contributed by atoms with Crippen LogP contribution in [0.3, 0.4) is 0 Å². The molecule has 4 heterocycles. The quantitative estimate of drug-likeness (QED) is 0.0632. The molecule has 2 aliphatic carbocycles. The lowest BCUT2D eigenvalue weighted by Gasteiger charge is -2.47. The van der Waals surface area contributed by atoms with Gasteiger partial charge >= 0.3 is 19.9 Å². The number of hydrogen-bond acceptors (Lipinski definition) is 10. The molecule has 3 saturated heterocycles. The van der Waals surface area contributed by atoms with E-state index in [-0.39, 0.29) is 83.5 Å². The first-order valence-corrected chi connectivity index (χ1v) is 26.9. The molecule has 19 heteroatoms. The maximum atomic E-state index is 16.7. The van der Waals surface area contributed by atoms with Crippen molar-refractivity contribution >= 4 is 52.6 Å². The Balaban J connectivity index is 0.952. The Bertz CT molecular complexity index is 2600. The van der Waals surface area contributed by atoms with Gasteiger partial charge in [-0.05, 0) is 131 Å². The van der Waals surface area contributed by atoms with Gasteiger partial charge in [0.2, 0.25) is 17.7 Å². The first-order chi connectivity index (χ1) is 33.4. The minimum Gasteiger partial charge on any atom is -0.465 e. The highest BCUT2D eigenvalue weighted by molar-refractivity contribution is 7.57. The molecule has 0 radical (unpaired) electrons. The number of fused-ring (bicyclic) bond motifs is 2. The molecule has 3 aromatic carbocycles. The second-order valence-corrected chi connectivity index (χ2v) is 22.9. The molecule has 3 amide bonds. The number of benzene rings is 3. The van der Waals surface area contributed by atoms with Crippen molar-refractivity contribution in [1.29, 1.82) is 0 Å². The maximum absolute atomic E-state index is 16.7. The van der Waals surface area contributed by atoms with E-state index in [1.165, 1.54) is 36.8 Å². The average Bonchev–Trinajstić information content (AvgIpc) is 3.59. The summed E-state index contributed by atoms with van der Waals surface area (Å²) in [5, 5.41) is 6.05. The molecule has 4 aromatic rings. The van der Waals surface area contributed by atoms with Crippen molar-refractivity contribution in [3.8, 4) is 5.75 Å². The molecule has 5 aliphatic rings. The van der Waals surface area contributed by atoms with Gasteiger partial charge in [-0.2, -0.15) is 0 Å². The molecule has 2 N–H and O–H groups in total. The number of carbonyl (C=O) groups is 4. The van der Waals surface area contributed by atoms with E-state index < -0.39 is 55.9 Å². The lowest BCUT2D eigenvalue weighted by atomic mass is 9.85. The number of carbonyl (C=O) groups excluding carboxylic acids is 4. The number of hydrogen-bond donors (Lipinski definition) is 2. The molecule has 13 nitrogen and oxygen atoms in total. The summed E-state index contributed by atoms with van der Waals surface area (Å²) >= 11 is 1.13. The summed E-state index contributed by atoms with van der Waals surface area (Å²) < 4.78 is 86.3. The summed E-state index contributed by atoms with van der Waals surface area (Å²) in [7, 11) is -2.63. The first kappa shape index (κ1) is 50.1. The molecular formula is C51H60F4N5O8PS. The molecule has 1 aromatic heterocycles. The molecule has 70 heavy (non-hydrogen) atoms. The Kier molecular flexibility index (Phi) is 14.5. The molecule has 0 bridgehead atoms. The van der Waals surface area contributed by atoms with Gasteiger partial charge in [0.15, 0.2) is 0 Å². The van der Waals surface area contributed by atoms with Gasteiger partial charge in [-0.25, -0.2) is 9.48 Å². The van der Waals surface area contributed by atoms with Crippen molar-refractivity contribution in [3.05, 3.63) is 101 Å². The summed E-state index contributed by atoms with van der Waals surface area (Å²) in [5.74, 6) is -3.65. The highest BCUT2D eigenvalue weighted by atomic mass is 32.1. The van der Waals surface area contributed by atoms with E-state index in [1.807, 2.05) is 37.1 Å². The van der Waals surface area contributed by atoms with Crippen LogP contribution in [0.1, 0.15) is 117 Å². The first-order valence-electron chi connectivity index (χ1n) is 24.4. The van der Waals surface area contributed by atoms with Crippen LogP contribution >= 0.6 is 18.9 Å². The van der Waals surface area contributed by atoms with Gasteiger partial charge in [0.25, 0.3) is 5.91 Å². The fraction of sp³-hybridized carbons (Fsp3) is 0.529. The zero-order valence-corrected chi connectivity index (χ0v) is 41.2. The molecule has 8 atom stereocenters. The van der Waals surface area contributed by atoms with Crippen LogP contribution in [-0.2, 0) is 28.4 Å². The zero-order valence-electron chi connectivity index (χ0n) is 39.4. The van der Waals surface area contributed by atoms with Crippen molar-refractivity contribution < 1.29 is 55.3 Å². The minimum absolute atomic E-state index is 0.0249. The average molecular weight is 1010 g/mol. The number of para-hydroxylation sites is 1. The van der Waals surface area contributed by atoms with Gasteiger partial charge in [-0.1, -0.05) is 61.5 Å². The monoisotopic (exact) mass is 1010 g/mol. The van der Waals surface area contributed by atoms with Gasteiger partial charge in [-0.3, -0.25) is 28.5 Å². The number of thiophene rings is 1. The number of nitrogens with zero attached hydrogens (tertiary/aromatic N) is 3. The van der Waals surface area contributed by atoms with Crippen molar-refractivity contribution in [2.45, 2.75) is 151 Å². The highest BCUT2D eigenvalue weighted by Crippen LogP contribution is 2.58. The van der Waals surface area contributed by atoms with Crippen LogP contribution in [0, 0.1) is 0 Å². The normalized spacial score (nSPS) is 27.0. The molecule has 1 spiro atoms. The highest BCUT2D eigenvalue weighted by Gasteiger charge is 2.59.